The van der Waals surface area contributed by atoms with Crippen LogP contribution >= 0.6 is 0 Å². The molecule has 146 valence electrons. The van der Waals surface area contributed by atoms with Gasteiger partial charge in [-0.1, -0.05) is 24.3 Å². The maximum absolute atomic E-state index is 12.9. The van der Waals surface area contributed by atoms with Crippen molar-refractivity contribution in [1.29, 1.82) is 0 Å². The van der Waals surface area contributed by atoms with Crippen LogP contribution in [0.1, 0.15) is 40.7 Å². The van der Waals surface area contributed by atoms with E-state index in [0.717, 1.165) is 27.7 Å². The Bertz CT molecular complexity index is 1030. The number of amides is 1. The largest absolute Gasteiger partial charge is 0.464 e. The number of fused-ring (bicyclic) bond motifs is 1. The molecule has 1 aliphatic heterocycles. The third-order valence-corrected chi connectivity index (χ3v) is 6.20. The molecule has 2 aromatic carbocycles. The van der Waals surface area contributed by atoms with Crippen LogP contribution in [0.25, 0.3) is 11.0 Å². The number of nitrogens with zero attached hydrogens (tertiary/aromatic N) is 1. The van der Waals surface area contributed by atoms with Gasteiger partial charge in [0.15, 0.2) is 0 Å². The molecular weight excluding hydrogens is 350 g/mol. The molecule has 1 amide bonds. The first-order valence-electron chi connectivity index (χ1n) is 9.91. The maximum atomic E-state index is 12.9. The first kappa shape index (κ1) is 18.8. The summed E-state index contributed by atoms with van der Waals surface area (Å²) in [7, 11) is 0. The van der Waals surface area contributed by atoms with E-state index in [-0.39, 0.29) is 5.91 Å². The summed E-state index contributed by atoms with van der Waals surface area (Å²) in [6.45, 7) is 7.30. The normalized spacial score (nSPS) is 16.5. The molecule has 1 N–H and O–H groups in total. The molecule has 0 aliphatic carbocycles. The molecule has 1 saturated heterocycles. The summed E-state index contributed by atoms with van der Waals surface area (Å²) < 4.78 is 5.67. The Labute approximate surface area is 165 Å². The van der Waals surface area contributed by atoms with Crippen molar-refractivity contribution < 1.29 is 14.3 Å². The number of benzene rings is 2. The van der Waals surface area contributed by atoms with Gasteiger partial charge in [0, 0.05) is 24.0 Å². The molecule has 2 heterocycles. The van der Waals surface area contributed by atoms with Crippen LogP contribution in [0.4, 0.5) is 0 Å². The Balaban J connectivity index is 1.46. The molecule has 4 rings (SSSR count). The Hall–Kier alpha value is -2.59. The molecule has 1 fully saturated rings. The molecule has 0 bridgehead atoms. The van der Waals surface area contributed by atoms with Crippen LogP contribution in [0.15, 0.2) is 47.1 Å². The van der Waals surface area contributed by atoms with Crippen molar-refractivity contribution in [2.24, 2.45) is 0 Å². The minimum atomic E-state index is -0.848. The molecule has 28 heavy (non-hydrogen) atoms. The standard InChI is InChI=1S/C24H27NO3/c1-16-6-4-5-7-21(16)24(27)8-10-25(11-9-24)23(26)14-19-15-28-22-13-18(3)17(2)12-20(19)22/h4-7,12-13,15,27H,8-11,14H2,1-3H3. The van der Waals surface area contributed by atoms with E-state index < -0.39 is 5.60 Å². The van der Waals surface area contributed by atoms with Gasteiger partial charge in [-0.3, -0.25) is 4.79 Å². The summed E-state index contributed by atoms with van der Waals surface area (Å²) in [5.41, 5.74) is 5.38. The summed E-state index contributed by atoms with van der Waals surface area (Å²) >= 11 is 0. The molecule has 4 heteroatoms. The number of carbonyl (C=O) groups is 1. The lowest BCUT2D eigenvalue weighted by Crippen LogP contribution is -2.45. The minimum Gasteiger partial charge on any atom is -0.464 e. The number of carbonyl (C=O) groups excluding carboxylic acids is 1. The number of piperidine rings is 1. The molecular formula is C24H27NO3. The van der Waals surface area contributed by atoms with Gasteiger partial charge in [0.1, 0.15) is 5.58 Å². The summed E-state index contributed by atoms with van der Waals surface area (Å²) in [6.07, 6.45) is 3.16. The molecule has 0 atom stereocenters. The Morgan fingerprint density at radius 1 is 1.07 bits per heavy atom. The molecule has 0 unspecified atom stereocenters. The van der Waals surface area contributed by atoms with Gasteiger partial charge in [0.05, 0.1) is 18.3 Å². The van der Waals surface area contributed by atoms with E-state index in [9.17, 15) is 9.90 Å². The average Bonchev–Trinajstić information content (AvgIpc) is 3.04. The van der Waals surface area contributed by atoms with E-state index in [2.05, 4.69) is 19.9 Å². The van der Waals surface area contributed by atoms with Gasteiger partial charge in [-0.2, -0.15) is 0 Å². The summed E-state index contributed by atoms with van der Waals surface area (Å²) in [4.78, 5) is 14.7. The van der Waals surface area contributed by atoms with Gasteiger partial charge in [0.25, 0.3) is 0 Å². The van der Waals surface area contributed by atoms with Gasteiger partial charge < -0.3 is 14.4 Å². The molecule has 0 radical (unpaired) electrons. The zero-order valence-corrected chi connectivity index (χ0v) is 16.8. The van der Waals surface area contributed by atoms with Gasteiger partial charge in [-0.25, -0.2) is 0 Å². The smallest absolute Gasteiger partial charge is 0.227 e. The van der Waals surface area contributed by atoms with Crippen molar-refractivity contribution in [3.05, 3.63) is 70.5 Å². The second-order valence-corrected chi connectivity index (χ2v) is 8.10. The summed E-state index contributed by atoms with van der Waals surface area (Å²) in [5, 5.41) is 12.1. The molecule has 1 aliphatic rings. The predicted molar refractivity (Wildman–Crippen MR) is 110 cm³/mol. The molecule has 0 spiro atoms. The third-order valence-electron chi connectivity index (χ3n) is 6.20. The van der Waals surface area contributed by atoms with E-state index in [1.807, 2.05) is 42.2 Å². The predicted octanol–water partition coefficient (Wildman–Crippen LogP) is 4.41. The molecule has 3 aromatic rings. The zero-order valence-electron chi connectivity index (χ0n) is 16.8. The van der Waals surface area contributed by atoms with Crippen LogP contribution < -0.4 is 0 Å². The first-order valence-corrected chi connectivity index (χ1v) is 9.91. The van der Waals surface area contributed by atoms with Gasteiger partial charge in [0.2, 0.25) is 5.91 Å². The topological polar surface area (TPSA) is 53.7 Å². The van der Waals surface area contributed by atoms with E-state index in [0.29, 0.717) is 32.4 Å². The van der Waals surface area contributed by atoms with Crippen molar-refractivity contribution >= 4 is 16.9 Å². The highest BCUT2D eigenvalue weighted by Gasteiger charge is 2.36. The van der Waals surface area contributed by atoms with E-state index in [1.165, 1.54) is 11.1 Å². The fourth-order valence-electron chi connectivity index (χ4n) is 4.24. The number of likely N-dealkylation sites (tertiary alicyclic amines) is 1. The van der Waals surface area contributed by atoms with Crippen molar-refractivity contribution in [2.75, 3.05) is 13.1 Å². The number of aryl methyl sites for hydroxylation is 3. The van der Waals surface area contributed by atoms with Crippen LogP contribution in [-0.2, 0) is 16.8 Å². The van der Waals surface area contributed by atoms with E-state index >= 15 is 0 Å². The molecule has 0 saturated carbocycles. The number of hydrogen-bond acceptors (Lipinski definition) is 3. The van der Waals surface area contributed by atoms with Crippen molar-refractivity contribution in [2.45, 2.75) is 45.6 Å². The summed E-state index contributed by atoms with van der Waals surface area (Å²) in [5.74, 6) is 0.0905. The highest BCUT2D eigenvalue weighted by molar-refractivity contribution is 5.88. The highest BCUT2D eigenvalue weighted by Crippen LogP contribution is 2.35. The molecule has 4 nitrogen and oxygen atoms in total. The van der Waals surface area contributed by atoms with Crippen LogP contribution in [0.2, 0.25) is 0 Å². The Morgan fingerprint density at radius 3 is 2.46 bits per heavy atom. The minimum absolute atomic E-state index is 0.0905. The first-order chi connectivity index (χ1) is 13.4. The lowest BCUT2D eigenvalue weighted by atomic mass is 9.82. The SMILES string of the molecule is Cc1cc2occ(CC(=O)N3CCC(O)(c4ccccc4C)CC3)c2cc1C. The van der Waals surface area contributed by atoms with Gasteiger partial charge in [-0.05, 0) is 68.0 Å². The third kappa shape index (κ3) is 3.33. The Morgan fingerprint density at radius 2 is 1.75 bits per heavy atom. The second-order valence-electron chi connectivity index (χ2n) is 8.10. The van der Waals surface area contributed by atoms with Crippen LogP contribution in [0.3, 0.4) is 0 Å². The molecule has 1 aromatic heterocycles. The lowest BCUT2D eigenvalue weighted by molar-refractivity contribution is -0.135. The van der Waals surface area contributed by atoms with Gasteiger partial charge >= 0.3 is 0 Å². The van der Waals surface area contributed by atoms with Crippen LogP contribution in [-0.4, -0.2) is 29.0 Å². The zero-order chi connectivity index (χ0) is 19.9. The van der Waals surface area contributed by atoms with E-state index in [1.54, 1.807) is 6.26 Å². The quantitative estimate of drug-likeness (QED) is 0.735. The van der Waals surface area contributed by atoms with Crippen molar-refractivity contribution in [1.82, 2.24) is 4.90 Å². The lowest BCUT2D eigenvalue weighted by Gasteiger charge is -2.39. The Kier molecular flexibility index (Phi) is 4.76. The number of hydrogen-bond donors (Lipinski definition) is 1. The number of rotatable bonds is 3. The van der Waals surface area contributed by atoms with Crippen LogP contribution in [0.5, 0.6) is 0 Å². The maximum Gasteiger partial charge on any atom is 0.227 e. The second kappa shape index (κ2) is 7.10. The van der Waals surface area contributed by atoms with Crippen LogP contribution in [0, 0.1) is 20.8 Å². The number of aliphatic hydroxyl groups is 1. The average molecular weight is 377 g/mol. The number of furan rings is 1. The van der Waals surface area contributed by atoms with E-state index in [4.69, 9.17) is 4.42 Å². The monoisotopic (exact) mass is 377 g/mol. The fourth-order valence-corrected chi connectivity index (χ4v) is 4.24. The fraction of sp³-hybridized carbons (Fsp3) is 0.375. The summed E-state index contributed by atoms with van der Waals surface area (Å²) in [6, 6.07) is 12.1. The highest BCUT2D eigenvalue weighted by atomic mass is 16.3. The van der Waals surface area contributed by atoms with Crippen molar-refractivity contribution in [3.63, 3.8) is 0 Å². The van der Waals surface area contributed by atoms with Crippen molar-refractivity contribution in [3.8, 4) is 0 Å². The van der Waals surface area contributed by atoms with Gasteiger partial charge in [-0.15, -0.1) is 0 Å².